The average molecular weight is 449 g/mol. The molecule has 2 aromatic carbocycles. The number of hydrogen-bond donors (Lipinski definition) is 3. The van der Waals surface area contributed by atoms with E-state index in [0.717, 1.165) is 21.4 Å². The van der Waals surface area contributed by atoms with Gasteiger partial charge in [0.2, 0.25) is 5.91 Å². The molecule has 0 heterocycles. The molecule has 0 fully saturated rings. The highest BCUT2D eigenvalue weighted by molar-refractivity contribution is 9.10. The van der Waals surface area contributed by atoms with Gasteiger partial charge in [-0.25, -0.2) is 0 Å². The minimum atomic E-state index is -0.0738. The Morgan fingerprint density at radius 1 is 1.07 bits per heavy atom. The Bertz CT molecular complexity index is 855. The van der Waals surface area contributed by atoms with Crippen molar-refractivity contribution in [3.05, 3.63) is 46.4 Å². The zero-order valence-corrected chi connectivity index (χ0v) is 18.0. The number of guanidine groups is 1. The summed E-state index contributed by atoms with van der Waals surface area (Å²) < 4.78 is 11.5. The van der Waals surface area contributed by atoms with Crippen LogP contribution in [-0.2, 0) is 4.79 Å². The van der Waals surface area contributed by atoms with E-state index in [9.17, 15) is 4.79 Å². The van der Waals surface area contributed by atoms with Crippen molar-refractivity contribution in [2.45, 2.75) is 13.3 Å². The molecule has 0 spiro atoms. The summed E-state index contributed by atoms with van der Waals surface area (Å²) in [6.45, 7) is 2.39. The van der Waals surface area contributed by atoms with Crippen LogP contribution in [0.1, 0.15) is 12.0 Å². The number of carbonyl (C=O) groups excluding carboxylic acids is 1. The van der Waals surface area contributed by atoms with E-state index in [1.54, 1.807) is 21.3 Å². The first kappa shape index (κ1) is 21.6. The first-order chi connectivity index (χ1) is 13.5. The van der Waals surface area contributed by atoms with Gasteiger partial charge >= 0.3 is 0 Å². The van der Waals surface area contributed by atoms with Crippen molar-refractivity contribution in [2.75, 3.05) is 38.4 Å². The average Bonchev–Trinajstić information content (AvgIpc) is 2.69. The Balaban J connectivity index is 1.87. The molecule has 150 valence electrons. The summed E-state index contributed by atoms with van der Waals surface area (Å²) in [6.07, 6.45) is 0.304. The molecule has 7 nitrogen and oxygen atoms in total. The van der Waals surface area contributed by atoms with Gasteiger partial charge in [-0.2, -0.15) is 0 Å². The zero-order chi connectivity index (χ0) is 20.5. The lowest BCUT2D eigenvalue weighted by Gasteiger charge is -2.14. The summed E-state index contributed by atoms with van der Waals surface area (Å²) in [4.78, 5) is 16.4. The lowest BCUT2D eigenvalue weighted by atomic mass is 10.2. The molecule has 2 rings (SSSR count). The molecule has 0 saturated heterocycles. The fraction of sp³-hybridized carbons (Fsp3) is 0.300. The van der Waals surface area contributed by atoms with Crippen LogP contribution in [0.5, 0.6) is 11.5 Å². The Morgan fingerprint density at radius 3 is 2.50 bits per heavy atom. The molecule has 28 heavy (non-hydrogen) atoms. The number of carbonyl (C=O) groups is 1. The van der Waals surface area contributed by atoms with Crippen LogP contribution in [-0.4, -0.2) is 39.7 Å². The number of aliphatic imine (C=N–C) groups is 1. The topological polar surface area (TPSA) is 84.0 Å². The Hall–Kier alpha value is -2.74. The molecule has 0 atom stereocenters. The van der Waals surface area contributed by atoms with E-state index in [0.29, 0.717) is 30.4 Å². The van der Waals surface area contributed by atoms with Crippen LogP contribution < -0.4 is 25.4 Å². The summed E-state index contributed by atoms with van der Waals surface area (Å²) in [5.41, 5.74) is 2.60. The minimum Gasteiger partial charge on any atom is -0.493 e. The Labute approximate surface area is 173 Å². The van der Waals surface area contributed by atoms with E-state index in [4.69, 9.17) is 9.47 Å². The van der Waals surface area contributed by atoms with Gasteiger partial charge in [0.15, 0.2) is 17.5 Å². The highest BCUT2D eigenvalue weighted by Crippen LogP contribution is 2.29. The molecule has 0 aliphatic rings. The summed E-state index contributed by atoms with van der Waals surface area (Å²) in [5, 5.41) is 9.20. The molecule has 1 amide bonds. The number of nitrogens with one attached hydrogen (secondary N) is 3. The number of anilines is 2. The van der Waals surface area contributed by atoms with E-state index in [1.165, 1.54) is 0 Å². The van der Waals surface area contributed by atoms with Crippen LogP contribution in [0.15, 0.2) is 45.9 Å². The van der Waals surface area contributed by atoms with Gasteiger partial charge in [-0.1, -0.05) is 22.0 Å². The predicted molar refractivity (Wildman–Crippen MR) is 117 cm³/mol. The van der Waals surface area contributed by atoms with Gasteiger partial charge in [0.05, 0.1) is 14.2 Å². The van der Waals surface area contributed by atoms with Gasteiger partial charge < -0.3 is 25.4 Å². The van der Waals surface area contributed by atoms with Crippen molar-refractivity contribution in [2.24, 2.45) is 4.99 Å². The van der Waals surface area contributed by atoms with Gasteiger partial charge in [-0.05, 0) is 36.8 Å². The Kier molecular flexibility index (Phi) is 8.13. The van der Waals surface area contributed by atoms with Gasteiger partial charge in [-0.3, -0.25) is 9.79 Å². The smallest absolute Gasteiger partial charge is 0.226 e. The number of amides is 1. The second kappa shape index (κ2) is 10.6. The third-order valence-corrected chi connectivity index (χ3v) is 4.48. The van der Waals surface area contributed by atoms with E-state index in [-0.39, 0.29) is 5.91 Å². The maximum absolute atomic E-state index is 12.2. The van der Waals surface area contributed by atoms with Gasteiger partial charge in [0, 0.05) is 41.9 Å². The molecule has 0 saturated carbocycles. The van der Waals surface area contributed by atoms with Crippen molar-refractivity contribution in [1.29, 1.82) is 0 Å². The lowest BCUT2D eigenvalue weighted by Crippen LogP contribution is -2.33. The lowest BCUT2D eigenvalue weighted by molar-refractivity contribution is -0.116. The van der Waals surface area contributed by atoms with Crippen LogP contribution in [0.4, 0.5) is 11.4 Å². The molecule has 0 bridgehead atoms. The van der Waals surface area contributed by atoms with Gasteiger partial charge in [-0.15, -0.1) is 0 Å². The number of methoxy groups -OCH3 is 2. The maximum Gasteiger partial charge on any atom is 0.226 e. The zero-order valence-electron chi connectivity index (χ0n) is 16.4. The highest BCUT2D eigenvalue weighted by Gasteiger charge is 2.08. The monoisotopic (exact) mass is 448 g/mol. The van der Waals surface area contributed by atoms with Crippen LogP contribution in [0.2, 0.25) is 0 Å². The number of ether oxygens (including phenoxy) is 2. The molecule has 0 aliphatic carbocycles. The van der Waals surface area contributed by atoms with Crippen molar-refractivity contribution in [3.8, 4) is 11.5 Å². The standard InChI is InChI=1S/C20H25BrN4O3/c1-13-5-6-14(21)11-16(13)25-19(26)9-10-23-20(22-2)24-15-7-8-17(27-3)18(12-15)28-4/h5-8,11-12H,9-10H2,1-4H3,(H,25,26)(H2,22,23,24). The molecule has 0 aliphatic heterocycles. The molecular weight excluding hydrogens is 424 g/mol. The normalized spacial score (nSPS) is 11.0. The molecule has 8 heteroatoms. The fourth-order valence-corrected chi connectivity index (χ4v) is 2.83. The van der Waals surface area contributed by atoms with Gasteiger partial charge in [0.1, 0.15) is 0 Å². The summed E-state index contributed by atoms with van der Waals surface area (Å²) >= 11 is 3.41. The molecule has 0 radical (unpaired) electrons. The van der Waals surface area contributed by atoms with Crippen LogP contribution in [0.3, 0.4) is 0 Å². The fourth-order valence-electron chi connectivity index (χ4n) is 2.47. The van der Waals surface area contributed by atoms with E-state index >= 15 is 0 Å². The minimum absolute atomic E-state index is 0.0738. The third kappa shape index (κ3) is 6.16. The number of hydrogen-bond acceptors (Lipinski definition) is 4. The quantitative estimate of drug-likeness (QED) is 0.443. The molecular formula is C20H25BrN4O3. The predicted octanol–water partition coefficient (Wildman–Crippen LogP) is 3.79. The summed E-state index contributed by atoms with van der Waals surface area (Å²) in [6, 6.07) is 11.3. The van der Waals surface area contributed by atoms with Gasteiger partial charge in [0.25, 0.3) is 0 Å². The number of rotatable bonds is 7. The van der Waals surface area contributed by atoms with E-state index in [1.807, 2.05) is 43.3 Å². The Morgan fingerprint density at radius 2 is 1.82 bits per heavy atom. The largest absolute Gasteiger partial charge is 0.493 e. The van der Waals surface area contributed by atoms with Crippen molar-refractivity contribution in [1.82, 2.24) is 5.32 Å². The van der Waals surface area contributed by atoms with Crippen LogP contribution in [0, 0.1) is 6.92 Å². The van der Waals surface area contributed by atoms with Crippen molar-refractivity contribution >= 4 is 39.2 Å². The first-order valence-corrected chi connectivity index (χ1v) is 9.51. The number of benzene rings is 2. The molecule has 0 aromatic heterocycles. The van der Waals surface area contributed by atoms with E-state index < -0.39 is 0 Å². The van der Waals surface area contributed by atoms with Crippen LogP contribution in [0.25, 0.3) is 0 Å². The van der Waals surface area contributed by atoms with Crippen LogP contribution >= 0.6 is 15.9 Å². The first-order valence-electron chi connectivity index (χ1n) is 8.72. The van der Waals surface area contributed by atoms with Crippen molar-refractivity contribution < 1.29 is 14.3 Å². The highest BCUT2D eigenvalue weighted by atomic mass is 79.9. The number of halogens is 1. The second-order valence-corrected chi connectivity index (χ2v) is 6.87. The SMILES string of the molecule is CN=C(NCCC(=O)Nc1cc(Br)ccc1C)Nc1ccc(OC)c(OC)c1. The van der Waals surface area contributed by atoms with E-state index in [2.05, 4.69) is 36.9 Å². The maximum atomic E-state index is 12.2. The molecule has 3 N–H and O–H groups in total. The third-order valence-electron chi connectivity index (χ3n) is 3.99. The summed E-state index contributed by atoms with van der Waals surface area (Å²) in [5.74, 6) is 1.75. The second-order valence-electron chi connectivity index (χ2n) is 5.95. The number of nitrogens with zero attached hydrogens (tertiary/aromatic N) is 1. The molecule has 0 unspecified atom stereocenters. The number of aryl methyl sites for hydroxylation is 1. The summed E-state index contributed by atoms with van der Waals surface area (Å²) in [7, 11) is 4.84. The van der Waals surface area contributed by atoms with Crippen molar-refractivity contribution in [3.63, 3.8) is 0 Å². The molecule has 2 aromatic rings.